The Hall–Kier alpha value is -1.78. The molecule has 0 heterocycles. The van der Waals surface area contributed by atoms with Gasteiger partial charge in [0, 0.05) is 0 Å². The van der Waals surface area contributed by atoms with E-state index < -0.39 is 18.1 Å². The molecule has 0 bridgehead atoms. The number of ether oxygens (including phenoxy) is 2. The van der Waals surface area contributed by atoms with E-state index in [0.29, 0.717) is 19.4 Å². The number of amides is 1. The average Bonchev–Trinajstić information content (AvgIpc) is 2.46. The Kier molecular flexibility index (Phi) is 12.1. The first-order valence-electron chi connectivity index (χ1n) is 7.47. The van der Waals surface area contributed by atoms with Crippen LogP contribution in [0.2, 0.25) is 0 Å². The molecule has 0 aromatic rings. The van der Waals surface area contributed by atoms with E-state index in [-0.39, 0.29) is 6.61 Å². The van der Waals surface area contributed by atoms with E-state index in [2.05, 4.69) is 25.4 Å². The molecule has 1 N–H and O–H groups in total. The number of esters is 1. The molecule has 1 unspecified atom stereocenters. The molecule has 5 heteroatoms. The maximum absolute atomic E-state index is 11.9. The number of carbonyl (C=O) groups excluding carboxylic acids is 2. The van der Waals surface area contributed by atoms with Gasteiger partial charge in [-0.15, -0.1) is 13.2 Å². The molecular formula is C16H27NO4. The number of carbonyl (C=O) groups is 2. The zero-order valence-corrected chi connectivity index (χ0v) is 12.9. The molecule has 0 rings (SSSR count). The summed E-state index contributed by atoms with van der Waals surface area (Å²) in [5, 5.41) is 2.49. The van der Waals surface area contributed by atoms with Crippen molar-refractivity contribution >= 4 is 12.1 Å². The van der Waals surface area contributed by atoms with Gasteiger partial charge in [0.05, 0.1) is 13.2 Å². The molecule has 0 saturated carbocycles. The lowest BCUT2D eigenvalue weighted by Gasteiger charge is -2.16. The van der Waals surface area contributed by atoms with Crippen LogP contribution >= 0.6 is 0 Å². The zero-order valence-electron chi connectivity index (χ0n) is 12.9. The molecular weight excluding hydrogens is 270 g/mol. The fourth-order valence-electron chi connectivity index (χ4n) is 1.60. The highest BCUT2D eigenvalue weighted by Crippen LogP contribution is 2.02. The van der Waals surface area contributed by atoms with Gasteiger partial charge in [0.25, 0.3) is 0 Å². The van der Waals surface area contributed by atoms with Crippen LogP contribution in [0.3, 0.4) is 0 Å². The summed E-state index contributed by atoms with van der Waals surface area (Å²) in [4.78, 5) is 23.4. The third-order valence-corrected chi connectivity index (χ3v) is 2.78. The van der Waals surface area contributed by atoms with Gasteiger partial charge < -0.3 is 14.8 Å². The van der Waals surface area contributed by atoms with Crippen LogP contribution in [0.15, 0.2) is 25.3 Å². The Morgan fingerprint density at radius 3 is 2.48 bits per heavy atom. The van der Waals surface area contributed by atoms with Crippen LogP contribution in [0, 0.1) is 0 Å². The van der Waals surface area contributed by atoms with Gasteiger partial charge in [-0.2, -0.15) is 0 Å². The Balaban J connectivity index is 4.07. The first kappa shape index (κ1) is 19.2. The van der Waals surface area contributed by atoms with E-state index in [9.17, 15) is 9.59 Å². The van der Waals surface area contributed by atoms with Crippen molar-refractivity contribution in [3.8, 4) is 0 Å². The molecule has 5 nitrogen and oxygen atoms in total. The lowest BCUT2D eigenvalue weighted by atomic mass is 10.2. The average molecular weight is 297 g/mol. The van der Waals surface area contributed by atoms with Crippen molar-refractivity contribution < 1.29 is 19.1 Å². The normalized spacial score (nSPS) is 11.3. The van der Waals surface area contributed by atoms with E-state index in [1.807, 2.05) is 0 Å². The van der Waals surface area contributed by atoms with Crippen LogP contribution in [0.4, 0.5) is 4.79 Å². The molecule has 0 aliphatic carbocycles. The second-order valence-corrected chi connectivity index (χ2v) is 4.66. The van der Waals surface area contributed by atoms with E-state index in [1.165, 1.54) is 0 Å². The van der Waals surface area contributed by atoms with Crippen molar-refractivity contribution in [1.29, 1.82) is 0 Å². The van der Waals surface area contributed by atoms with Gasteiger partial charge in [-0.1, -0.05) is 38.3 Å². The quantitative estimate of drug-likeness (QED) is 0.341. The third kappa shape index (κ3) is 10.6. The van der Waals surface area contributed by atoms with Gasteiger partial charge in [0.1, 0.15) is 6.04 Å². The van der Waals surface area contributed by atoms with Gasteiger partial charge >= 0.3 is 12.1 Å². The van der Waals surface area contributed by atoms with Crippen molar-refractivity contribution in [2.24, 2.45) is 0 Å². The molecule has 21 heavy (non-hydrogen) atoms. The maximum atomic E-state index is 11.9. The van der Waals surface area contributed by atoms with Crippen LogP contribution in [0.25, 0.3) is 0 Å². The van der Waals surface area contributed by atoms with E-state index in [1.54, 1.807) is 12.2 Å². The third-order valence-electron chi connectivity index (χ3n) is 2.78. The standard InChI is InChI=1S/C16H27NO4/c1-4-7-9-10-13-20-15(18)14(11-6-3)17-16(19)21-12-8-5-2/h5-6,14H,2-4,7-13H2,1H3,(H,17,19). The molecule has 120 valence electrons. The Morgan fingerprint density at radius 2 is 1.86 bits per heavy atom. The van der Waals surface area contributed by atoms with Gasteiger partial charge in [0.2, 0.25) is 0 Å². The van der Waals surface area contributed by atoms with E-state index in [4.69, 9.17) is 9.47 Å². The largest absolute Gasteiger partial charge is 0.464 e. The molecule has 1 amide bonds. The van der Waals surface area contributed by atoms with Crippen molar-refractivity contribution in [3.05, 3.63) is 25.3 Å². The highest BCUT2D eigenvalue weighted by molar-refractivity contribution is 5.81. The zero-order chi connectivity index (χ0) is 15.9. The minimum absolute atomic E-state index is 0.238. The highest BCUT2D eigenvalue weighted by atomic mass is 16.6. The SMILES string of the molecule is C=CCCOC(=O)NC(CC=C)C(=O)OCCCCCC. The minimum atomic E-state index is -0.745. The molecule has 0 radical (unpaired) electrons. The highest BCUT2D eigenvalue weighted by Gasteiger charge is 2.21. The summed E-state index contributed by atoms with van der Waals surface area (Å²) in [6.45, 7) is 9.84. The molecule has 0 fully saturated rings. The lowest BCUT2D eigenvalue weighted by molar-refractivity contribution is -0.146. The molecule has 0 aliphatic heterocycles. The number of nitrogens with one attached hydrogen (secondary N) is 1. The smallest absolute Gasteiger partial charge is 0.407 e. The Bertz CT molecular complexity index is 328. The van der Waals surface area contributed by atoms with Gasteiger partial charge in [-0.05, 0) is 19.3 Å². The minimum Gasteiger partial charge on any atom is -0.464 e. The summed E-state index contributed by atoms with van der Waals surface area (Å²) in [5.74, 6) is -0.452. The number of rotatable bonds is 12. The molecule has 0 spiro atoms. The summed E-state index contributed by atoms with van der Waals surface area (Å²) in [6.07, 6.45) is 7.59. The van der Waals surface area contributed by atoms with E-state index >= 15 is 0 Å². The van der Waals surface area contributed by atoms with Crippen LogP contribution in [0.1, 0.15) is 45.4 Å². The molecule has 0 aromatic heterocycles. The summed E-state index contributed by atoms with van der Waals surface area (Å²) < 4.78 is 10.1. The number of unbranched alkanes of at least 4 members (excludes halogenated alkanes) is 3. The van der Waals surface area contributed by atoms with Crippen LogP contribution < -0.4 is 5.32 Å². The van der Waals surface area contributed by atoms with Gasteiger partial charge in [0.15, 0.2) is 0 Å². The predicted octanol–water partition coefficient (Wildman–Crippen LogP) is 3.36. The first-order chi connectivity index (χ1) is 10.2. The number of alkyl carbamates (subject to hydrolysis) is 1. The van der Waals surface area contributed by atoms with Crippen molar-refractivity contribution in [2.75, 3.05) is 13.2 Å². The second kappa shape index (κ2) is 13.2. The Morgan fingerprint density at radius 1 is 1.10 bits per heavy atom. The molecule has 0 aromatic carbocycles. The summed E-state index contributed by atoms with van der Waals surface area (Å²) >= 11 is 0. The van der Waals surface area contributed by atoms with Crippen molar-refractivity contribution in [1.82, 2.24) is 5.32 Å². The summed E-state index contributed by atoms with van der Waals surface area (Å²) in [7, 11) is 0. The van der Waals surface area contributed by atoms with Crippen molar-refractivity contribution in [2.45, 2.75) is 51.5 Å². The van der Waals surface area contributed by atoms with Crippen LogP contribution in [0.5, 0.6) is 0 Å². The maximum Gasteiger partial charge on any atom is 0.407 e. The first-order valence-corrected chi connectivity index (χ1v) is 7.47. The second-order valence-electron chi connectivity index (χ2n) is 4.66. The summed E-state index contributed by atoms with van der Waals surface area (Å²) in [5.41, 5.74) is 0. The van der Waals surface area contributed by atoms with E-state index in [0.717, 1.165) is 25.7 Å². The molecule has 1 atom stereocenters. The summed E-state index contributed by atoms with van der Waals surface area (Å²) in [6, 6.07) is -0.745. The van der Waals surface area contributed by atoms with Crippen LogP contribution in [-0.4, -0.2) is 31.3 Å². The van der Waals surface area contributed by atoms with Gasteiger partial charge in [-0.25, -0.2) is 9.59 Å². The lowest BCUT2D eigenvalue weighted by Crippen LogP contribution is -2.42. The monoisotopic (exact) mass is 297 g/mol. The number of hydrogen-bond acceptors (Lipinski definition) is 4. The molecule has 0 saturated heterocycles. The van der Waals surface area contributed by atoms with Crippen molar-refractivity contribution in [3.63, 3.8) is 0 Å². The fourth-order valence-corrected chi connectivity index (χ4v) is 1.60. The topological polar surface area (TPSA) is 64.6 Å². The Labute approximate surface area is 127 Å². The predicted molar refractivity (Wildman–Crippen MR) is 83.0 cm³/mol. The van der Waals surface area contributed by atoms with Gasteiger partial charge in [-0.3, -0.25) is 0 Å². The number of hydrogen-bond donors (Lipinski definition) is 1. The van der Waals surface area contributed by atoms with Crippen LogP contribution in [-0.2, 0) is 14.3 Å². The molecule has 0 aliphatic rings. The fraction of sp³-hybridized carbons (Fsp3) is 0.625.